The van der Waals surface area contributed by atoms with Crippen LogP contribution in [0.25, 0.3) is 21.7 Å². The Morgan fingerprint density at radius 3 is 2.39 bits per heavy atom. The highest BCUT2D eigenvalue weighted by Gasteiger charge is 2.14. The summed E-state index contributed by atoms with van der Waals surface area (Å²) in [6, 6.07) is 13.2. The van der Waals surface area contributed by atoms with Gasteiger partial charge < -0.3 is 9.47 Å². The summed E-state index contributed by atoms with van der Waals surface area (Å²) in [5.41, 5.74) is 3.75. The first kappa shape index (κ1) is 20.9. The average Bonchev–Trinajstić information content (AvgIpc) is 2.74. The van der Waals surface area contributed by atoms with E-state index in [4.69, 9.17) is 14.5 Å². The van der Waals surface area contributed by atoms with E-state index in [0.29, 0.717) is 29.1 Å². The normalized spacial score (nSPS) is 11.6. The number of anilines is 1. The van der Waals surface area contributed by atoms with Gasteiger partial charge in [0.2, 0.25) is 10.0 Å². The summed E-state index contributed by atoms with van der Waals surface area (Å²) in [4.78, 5) is 9.30. The maximum Gasteiger partial charge on any atom is 0.229 e. The molecule has 0 saturated carbocycles. The molecule has 1 N–H and O–H groups in total. The molecule has 0 spiro atoms. The standard InChI is InChI=1S/C23H23N3O4S/c1-14-18-11-21(29-2)22(30-3)12-19(18)16(13-24-14)10-17-9-8-15-6-5-7-20(23(15)25-17)26-31(4,27)28/h5-9,11-13,26H,10H2,1-4H3. The first-order chi connectivity index (χ1) is 14.8. The second-order valence-corrected chi connectivity index (χ2v) is 9.10. The van der Waals surface area contributed by atoms with Crippen molar-refractivity contribution in [2.45, 2.75) is 13.3 Å². The summed E-state index contributed by atoms with van der Waals surface area (Å²) in [5, 5.41) is 2.85. The summed E-state index contributed by atoms with van der Waals surface area (Å²) >= 11 is 0. The van der Waals surface area contributed by atoms with Gasteiger partial charge in [-0.05, 0) is 42.1 Å². The van der Waals surface area contributed by atoms with E-state index in [0.717, 1.165) is 39.4 Å². The number of ether oxygens (including phenoxy) is 2. The molecule has 31 heavy (non-hydrogen) atoms. The third-order valence-corrected chi connectivity index (χ3v) is 5.71. The Morgan fingerprint density at radius 1 is 1.00 bits per heavy atom. The summed E-state index contributed by atoms with van der Waals surface area (Å²) in [7, 11) is -0.196. The minimum atomic E-state index is -3.41. The molecule has 8 heteroatoms. The fourth-order valence-corrected chi connectivity index (χ4v) is 4.23. The number of hydrogen-bond acceptors (Lipinski definition) is 6. The first-order valence-corrected chi connectivity index (χ1v) is 11.5. The van der Waals surface area contributed by atoms with E-state index in [1.165, 1.54) is 0 Å². The molecule has 0 aliphatic heterocycles. The van der Waals surface area contributed by atoms with Crippen LogP contribution in [-0.2, 0) is 16.4 Å². The van der Waals surface area contributed by atoms with E-state index in [-0.39, 0.29) is 0 Å². The Labute approximate surface area is 181 Å². The Balaban J connectivity index is 1.82. The van der Waals surface area contributed by atoms with Gasteiger partial charge in [-0.25, -0.2) is 8.42 Å². The van der Waals surface area contributed by atoms with Gasteiger partial charge in [-0.2, -0.15) is 0 Å². The van der Waals surface area contributed by atoms with Gasteiger partial charge in [0.05, 0.1) is 31.7 Å². The lowest BCUT2D eigenvalue weighted by atomic mass is 10.0. The van der Waals surface area contributed by atoms with Crippen LogP contribution >= 0.6 is 0 Å². The predicted molar refractivity (Wildman–Crippen MR) is 123 cm³/mol. The van der Waals surface area contributed by atoms with E-state index in [2.05, 4.69) is 9.71 Å². The van der Waals surface area contributed by atoms with Gasteiger partial charge in [-0.3, -0.25) is 14.7 Å². The van der Waals surface area contributed by atoms with Crippen molar-refractivity contribution in [2.24, 2.45) is 0 Å². The average molecular weight is 438 g/mol. The van der Waals surface area contributed by atoms with E-state index >= 15 is 0 Å². The molecule has 160 valence electrons. The Bertz CT molecular complexity index is 1400. The lowest BCUT2D eigenvalue weighted by Gasteiger charge is -2.14. The number of nitrogens with one attached hydrogen (secondary N) is 1. The maximum atomic E-state index is 11.7. The molecule has 7 nitrogen and oxygen atoms in total. The SMILES string of the molecule is COc1cc2c(Cc3ccc4cccc(NS(C)(=O)=O)c4n3)cnc(C)c2cc1OC. The fourth-order valence-electron chi connectivity index (χ4n) is 3.66. The summed E-state index contributed by atoms with van der Waals surface area (Å²) in [6.07, 6.45) is 3.50. The second-order valence-electron chi connectivity index (χ2n) is 7.35. The zero-order valence-electron chi connectivity index (χ0n) is 17.8. The molecule has 4 aromatic rings. The molecule has 0 unspecified atom stereocenters. The van der Waals surface area contributed by atoms with Crippen molar-refractivity contribution >= 4 is 37.4 Å². The number of aryl methyl sites for hydroxylation is 1. The molecule has 2 heterocycles. The second kappa shape index (κ2) is 8.03. The number of para-hydroxylation sites is 1. The zero-order chi connectivity index (χ0) is 22.2. The molecule has 0 radical (unpaired) electrons. The number of pyridine rings is 2. The van der Waals surface area contributed by atoms with Crippen LogP contribution in [0.15, 0.2) is 48.7 Å². The third-order valence-electron chi connectivity index (χ3n) is 5.12. The van der Waals surface area contributed by atoms with Crippen LogP contribution in [0.3, 0.4) is 0 Å². The molecular weight excluding hydrogens is 414 g/mol. The summed E-state index contributed by atoms with van der Waals surface area (Å²) in [6.45, 7) is 1.95. The lowest BCUT2D eigenvalue weighted by molar-refractivity contribution is 0.356. The van der Waals surface area contributed by atoms with E-state index in [1.54, 1.807) is 26.4 Å². The molecule has 0 amide bonds. The van der Waals surface area contributed by atoms with Crippen molar-refractivity contribution in [3.05, 3.63) is 65.6 Å². The number of sulfonamides is 1. The number of methoxy groups -OCH3 is 2. The molecular formula is C23H23N3O4S. The minimum Gasteiger partial charge on any atom is -0.493 e. The zero-order valence-corrected chi connectivity index (χ0v) is 18.6. The van der Waals surface area contributed by atoms with Crippen LogP contribution in [0, 0.1) is 6.92 Å². The molecule has 0 fully saturated rings. The molecule has 0 atom stereocenters. The number of hydrogen-bond donors (Lipinski definition) is 1. The van der Waals surface area contributed by atoms with Crippen molar-refractivity contribution in [2.75, 3.05) is 25.2 Å². The van der Waals surface area contributed by atoms with Crippen molar-refractivity contribution < 1.29 is 17.9 Å². The Hall–Kier alpha value is -3.39. The van der Waals surface area contributed by atoms with Crippen LogP contribution < -0.4 is 14.2 Å². The summed E-state index contributed by atoms with van der Waals surface area (Å²) < 4.78 is 37.0. The number of benzene rings is 2. The van der Waals surface area contributed by atoms with Crippen LogP contribution in [0.4, 0.5) is 5.69 Å². The highest BCUT2D eigenvalue weighted by molar-refractivity contribution is 7.92. The van der Waals surface area contributed by atoms with Crippen molar-refractivity contribution in [3.8, 4) is 11.5 Å². The van der Waals surface area contributed by atoms with Gasteiger partial charge in [0.1, 0.15) is 0 Å². The Kier molecular flexibility index (Phi) is 5.41. The van der Waals surface area contributed by atoms with Crippen molar-refractivity contribution in [1.82, 2.24) is 9.97 Å². The molecule has 4 rings (SSSR count). The summed E-state index contributed by atoms with van der Waals surface area (Å²) in [5.74, 6) is 1.30. The highest BCUT2D eigenvalue weighted by atomic mass is 32.2. The highest BCUT2D eigenvalue weighted by Crippen LogP contribution is 2.35. The largest absolute Gasteiger partial charge is 0.493 e. The molecule has 0 bridgehead atoms. The lowest BCUT2D eigenvalue weighted by Crippen LogP contribution is -2.10. The number of rotatable bonds is 6. The molecule has 2 aromatic heterocycles. The number of fused-ring (bicyclic) bond motifs is 2. The maximum absolute atomic E-state index is 11.7. The molecule has 0 saturated heterocycles. The van der Waals surface area contributed by atoms with Gasteiger partial charge in [-0.15, -0.1) is 0 Å². The third kappa shape index (κ3) is 4.25. The molecule has 0 aliphatic carbocycles. The van der Waals surface area contributed by atoms with Gasteiger partial charge in [0.25, 0.3) is 0 Å². The first-order valence-electron chi connectivity index (χ1n) is 9.65. The van der Waals surface area contributed by atoms with E-state index in [1.807, 2.05) is 43.5 Å². The van der Waals surface area contributed by atoms with Gasteiger partial charge >= 0.3 is 0 Å². The van der Waals surface area contributed by atoms with Crippen molar-refractivity contribution in [3.63, 3.8) is 0 Å². The van der Waals surface area contributed by atoms with Gasteiger partial charge in [0, 0.05) is 34.8 Å². The van der Waals surface area contributed by atoms with Crippen LogP contribution in [0.2, 0.25) is 0 Å². The van der Waals surface area contributed by atoms with Crippen molar-refractivity contribution in [1.29, 1.82) is 0 Å². The van der Waals surface area contributed by atoms with Crippen LogP contribution in [0.1, 0.15) is 17.0 Å². The topological polar surface area (TPSA) is 90.4 Å². The quantitative estimate of drug-likeness (QED) is 0.489. The Morgan fingerprint density at radius 2 is 1.71 bits per heavy atom. The fraction of sp³-hybridized carbons (Fsp3) is 0.217. The van der Waals surface area contributed by atoms with E-state index in [9.17, 15) is 8.42 Å². The molecule has 0 aliphatic rings. The smallest absolute Gasteiger partial charge is 0.229 e. The predicted octanol–water partition coefficient (Wildman–Crippen LogP) is 4.07. The minimum absolute atomic E-state index is 0.458. The van der Waals surface area contributed by atoms with Crippen LogP contribution in [-0.4, -0.2) is 38.9 Å². The van der Waals surface area contributed by atoms with Gasteiger partial charge in [-0.1, -0.05) is 18.2 Å². The number of aromatic nitrogens is 2. The number of nitrogens with zero attached hydrogens (tertiary/aromatic N) is 2. The van der Waals surface area contributed by atoms with E-state index < -0.39 is 10.0 Å². The van der Waals surface area contributed by atoms with Gasteiger partial charge in [0.15, 0.2) is 11.5 Å². The molecule has 2 aromatic carbocycles. The van der Waals surface area contributed by atoms with Crippen LogP contribution in [0.5, 0.6) is 11.5 Å². The monoisotopic (exact) mass is 437 g/mol.